The Morgan fingerprint density at radius 1 is 1.45 bits per heavy atom. The normalized spacial score (nSPS) is 17.9. The SMILES string of the molecule is COCCN1C[C@H](C(=O)NCc2ccc(F)cc2F)CC1=O. The van der Waals surface area contributed by atoms with E-state index in [1.165, 1.54) is 6.07 Å². The molecule has 1 aromatic rings. The van der Waals surface area contributed by atoms with Gasteiger partial charge in [0.05, 0.1) is 12.5 Å². The Morgan fingerprint density at radius 3 is 2.91 bits per heavy atom. The van der Waals surface area contributed by atoms with Gasteiger partial charge in [-0.3, -0.25) is 9.59 Å². The number of halogens is 2. The smallest absolute Gasteiger partial charge is 0.225 e. The number of hydrogen-bond acceptors (Lipinski definition) is 3. The van der Waals surface area contributed by atoms with Crippen LogP contribution in [0, 0.1) is 17.6 Å². The lowest BCUT2D eigenvalue weighted by Gasteiger charge is -2.15. The number of benzene rings is 1. The largest absolute Gasteiger partial charge is 0.383 e. The van der Waals surface area contributed by atoms with Crippen LogP contribution < -0.4 is 5.32 Å². The molecule has 1 heterocycles. The van der Waals surface area contributed by atoms with E-state index in [1.54, 1.807) is 12.0 Å². The average Bonchev–Trinajstić information content (AvgIpc) is 2.85. The van der Waals surface area contributed by atoms with Crippen LogP contribution in [0.25, 0.3) is 0 Å². The lowest BCUT2D eigenvalue weighted by molar-refractivity contribution is -0.129. The van der Waals surface area contributed by atoms with Crippen LogP contribution in [0.15, 0.2) is 18.2 Å². The molecule has 1 fully saturated rings. The lowest BCUT2D eigenvalue weighted by atomic mass is 10.1. The Morgan fingerprint density at radius 2 is 2.23 bits per heavy atom. The quantitative estimate of drug-likeness (QED) is 0.855. The summed E-state index contributed by atoms with van der Waals surface area (Å²) in [5, 5.41) is 2.59. The van der Waals surface area contributed by atoms with Gasteiger partial charge >= 0.3 is 0 Å². The van der Waals surface area contributed by atoms with Crippen LogP contribution >= 0.6 is 0 Å². The van der Waals surface area contributed by atoms with E-state index in [1.807, 2.05) is 0 Å². The highest BCUT2D eigenvalue weighted by Crippen LogP contribution is 2.18. The number of nitrogens with one attached hydrogen (secondary N) is 1. The van der Waals surface area contributed by atoms with Gasteiger partial charge in [-0.1, -0.05) is 6.07 Å². The van der Waals surface area contributed by atoms with Crippen molar-refractivity contribution in [1.82, 2.24) is 10.2 Å². The second-order valence-corrected chi connectivity index (χ2v) is 5.19. The first-order chi connectivity index (χ1) is 10.5. The maximum atomic E-state index is 13.5. The molecule has 120 valence electrons. The molecule has 2 amide bonds. The molecule has 22 heavy (non-hydrogen) atoms. The third-order valence-corrected chi connectivity index (χ3v) is 3.62. The zero-order valence-corrected chi connectivity index (χ0v) is 12.3. The van der Waals surface area contributed by atoms with E-state index in [9.17, 15) is 18.4 Å². The summed E-state index contributed by atoms with van der Waals surface area (Å²) in [6.07, 6.45) is 0.140. The number of amides is 2. The van der Waals surface area contributed by atoms with Crippen molar-refractivity contribution in [2.24, 2.45) is 5.92 Å². The summed E-state index contributed by atoms with van der Waals surface area (Å²) in [6, 6.07) is 3.19. The molecule has 2 rings (SSSR count). The van der Waals surface area contributed by atoms with Gasteiger partial charge in [-0.15, -0.1) is 0 Å². The van der Waals surface area contributed by atoms with E-state index in [0.717, 1.165) is 12.1 Å². The molecule has 7 heteroatoms. The molecule has 0 bridgehead atoms. The van der Waals surface area contributed by atoms with Crippen molar-refractivity contribution in [2.45, 2.75) is 13.0 Å². The fourth-order valence-electron chi connectivity index (χ4n) is 2.36. The number of carbonyl (C=O) groups is 2. The van der Waals surface area contributed by atoms with Crippen LogP contribution in [0.4, 0.5) is 8.78 Å². The van der Waals surface area contributed by atoms with Gasteiger partial charge in [0.2, 0.25) is 11.8 Å². The van der Waals surface area contributed by atoms with Gasteiger partial charge in [0, 0.05) is 44.8 Å². The molecule has 0 aromatic heterocycles. The van der Waals surface area contributed by atoms with Crippen molar-refractivity contribution in [2.75, 3.05) is 26.8 Å². The zero-order valence-electron chi connectivity index (χ0n) is 12.3. The fraction of sp³-hybridized carbons (Fsp3) is 0.467. The lowest BCUT2D eigenvalue weighted by Crippen LogP contribution is -2.33. The van der Waals surface area contributed by atoms with Crippen LogP contribution in [0.3, 0.4) is 0 Å². The van der Waals surface area contributed by atoms with Gasteiger partial charge in [0.1, 0.15) is 11.6 Å². The molecule has 1 aromatic carbocycles. The highest BCUT2D eigenvalue weighted by atomic mass is 19.1. The number of carbonyl (C=O) groups excluding carboxylic acids is 2. The van der Waals surface area contributed by atoms with E-state index in [2.05, 4.69) is 5.32 Å². The van der Waals surface area contributed by atoms with Gasteiger partial charge in [-0.2, -0.15) is 0 Å². The highest BCUT2D eigenvalue weighted by Gasteiger charge is 2.33. The average molecular weight is 312 g/mol. The van der Waals surface area contributed by atoms with Crippen LogP contribution in [-0.2, 0) is 20.9 Å². The van der Waals surface area contributed by atoms with Gasteiger partial charge < -0.3 is 15.0 Å². The van der Waals surface area contributed by atoms with Crippen molar-refractivity contribution < 1.29 is 23.1 Å². The molecule has 0 radical (unpaired) electrons. The Labute approximate surface area is 127 Å². The topological polar surface area (TPSA) is 58.6 Å². The number of rotatable bonds is 6. The van der Waals surface area contributed by atoms with Crippen molar-refractivity contribution in [3.63, 3.8) is 0 Å². The predicted octanol–water partition coefficient (Wildman–Crippen LogP) is 1.08. The number of likely N-dealkylation sites (tertiary alicyclic amines) is 1. The molecule has 1 aliphatic rings. The van der Waals surface area contributed by atoms with Gasteiger partial charge in [-0.05, 0) is 6.07 Å². The summed E-state index contributed by atoms with van der Waals surface area (Å²) in [4.78, 5) is 25.4. The Kier molecular flexibility index (Phi) is 5.43. The monoisotopic (exact) mass is 312 g/mol. The summed E-state index contributed by atoms with van der Waals surface area (Å²) < 4.78 is 31.2. The van der Waals surface area contributed by atoms with Crippen molar-refractivity contribution in [3.8, 4) is 0 Å². The third-order valence-electron chi connectivity index (χ3n) is 3.62. The summed E-state index contributed by atoms with van der Waals surface area (Å²) in [6.45, 7) is 1.17. The van der Waals surface area contributed by atoms with Crippen molar-refractivity contribution in [3.05, 3.63) is 35.4 Å². The first kappa shape index (κ1) is 16.4. The zero-order chi connectivity index (χ0) is 16.1. The Hall–Kier alpha value is -2.02. The van der Waals surface area contributed by atoms with E-state index in [-0.39, 0.29) is 30.3 Å². The standard InChI is InChI=1S/C15H18F2N2O3/c1-22-5-4-19-9-11(6-14(19)20)15(21)18-8-10-2-3-12(16)7-13(10)17/h2-3,7,11H,4-6,8-9H2,1H3,(H,18,21)/t11-/m1/s1. The first-order valence-electron chi connectivity index (χ1n) is 6.99. The van der Waals surface area contributed by atoms with Crippen molar-refractivity contribution in [1.29, 1.82) is 0 Å². The van der Waals surface area contributed by atoms with E-state index in [4.69, 9.17) is 4.74 Å². The minimum Gasteiger partial charge on any atom is -0.383 e. The maximum Gasteiger partial charge on any atom is 0.225 e. The van der Waals surface area contributed by atoms with E-state index >= 15 is 0 Å². The molecule has 0 saturated carbocycles. The molecule has 1 N–H and O–H groups in total. The van der Waals surface area contributed by atoms with Gasteiger partial charge in [0.25, 0.3) is 0 Å². The van der Waals surface area contributed by atoms with Crippen LogP contribution in [0.1, 0.15) is 12.0 Å². The summed E-state index contributed by atoms with van der Waals surface area (Å²) in [5.74, 6) is -2.22. The first-order valence-corrected chi connectivity index (χ1v) is 6.99. The molecule has 1 atom stereocenters. The number of nitrogens with zero attached hydrogens (tertiary/aromatic N) is 1. The summed E-state index contributed by atoms with van der Waals surface area (Å²) in [5.41, 5.74) is 0.204. The molecule has 1 aliphatic heterocycles. The summed E-state index contributed by atoms with van der Waals surface area (Å²) >= 11 is 0. The third kappa shape index (κ3) is 4.00. The molecule has 1 saturated heterocycles. The van der Waals surface area contributed by atoms with Crippen LogP contribution in [0.2, 0.25) is 0 Å². The summed E-state index contributed by atoms with van der Waals surface area (Å²) in [7, 11) is 1.54. The second-order valence-electron chi connectivity index (χ2n) is 5.19. The number of methoxy groups -OCH3 is 1. The predicted molar refractivity (Wildman–Crippen MR) is 74.8 cm³/mol. The Balaban J connectivity index is 1.86. The number of hydrogen-bond donors (Lipinski definition) is 1. The van der Waals surface area contributed by atoms with Crippen LogP contribution in [0.5, 0.6) is 0 Å². The maximum absolute atomic E-state index is 13.5. The molecule has 0 spiro atoms. The minimum atomic E-state index is -0.704. The fourth-order valence-corrected chi connectivity index (χ4v) is 2.36. The Bertz CT molecular complexity index is 566. The number of ether oxygens (including phenoxy) is 1. The van der Waals surface area contributed by atoms with Gasteiger partial charge in [-0.25, -0.2) is 8.78 Å². The molecule has 0 unspecified atom stereocenters. The van der Waals surface area contributed by atoms with E-state index in [0.29, 0.717) is 19.7 Å². The van der Waals surface area contributed by atoms with Crippen LogP contribution in [-0.4, -0.2) is 43.5 Å². The van der Waals surface area contributed by atoms with E-state index < -0.39 is 17.6 Å². The van der Waals surface area contributed by atoms with Crippen molar-refractivity contribution >= 4 is 11.8 Å². The molecular formula is C15H18F2N2O3. The minimum absolute atomic E-state index is 0.0340. The molecule has 0 aliphatic carbocycles. The highest BCUT2D eigenvalue weighted by molar-refractivity contribution is 5.89. The van der Waals surface area contributed by atoms with Gasteiger partial charge in [0.15, 0.2) is 0 Å². The molecular weight excluding hydrogens is 294 g/mol. The molecule has 5 nitrogen and oxygen atoms in total. The second kappa shape index (κ2) is 7.31.